The Morgan fingerprint density at radius 2 is 1.79 bits per heavy atom. The van der Waals surface area contributed by atoms with Gasteiger partial charge in [-0.1, -0.05) is 30.3 Å². The third kappa shape index (κ3) is 2.94. The van der Waals surface area contributed by atoms with Gasteiger partial charge in [0.15, 0.2) is 5.78 Å². The summed E-state index contributed by atoms with van der Waals surface area (Å²) in [5.74, 6) is -0.285. The Morgan fingerprint density at radius 3 is 2.42 bits per heavy atom. The van der Waals surface area contributed by atoms with E-state index >= 15 is 0 Å². The average molecular weight is 320 g/mol. The number of nitrogens with two attached hydrogens (primary N) is 1. The molecule has 0 aliphatic carbocycles. The molecule has 0 aliphatic heterocycles. The number of hydrogen-bond acceptors (Lipinski definition) is 5. The molecule has 3 aromatic rings. The van der Waals surface area contributed by atoms with Crippen LogP contribution in [0.3, 0.4) is 0 Å². The lowest BCUT2D eigenvalue weighted by molar-refractivity contribution is 0.101. The number of benzene rings is 1. The SMILES string of the molecule is CC(=O)c1c(-c2ccccc2)nn(Cc2ccncc2)c(=O)c1N. The highest BCUT2D eigenvalue weighted by molar-refractivity contribution is 6.04. The van der Waals surface area contributed by atoms with E-state index in [2.05, 4.69) is 10.1 Å². The number of aromatic nitrogens is 3. The molecule has 6 nitrogen and oxygen atoms in total. The van der Waals surface area contributed by atoms with Crippen LogP contribution in [-0.4, -0.2) is 20.5 Å². The van der Waals surface area contributed by atoms with E-state index in [9.17, 15) is 9.59 Å². The lowest BCUT2D eigenvalue weighted by Gasteiger charge is -2.13. The van der Waals surface area contributed by atoms with Crippen LogP contribution in [0.15, 0.2) is 59.7 Å². The van der Waals surface area contributed by atoms with Gasteiger partial charge in [0, 0.05) is 18.0 Å². The summed E-state index contributed by atoms with van der Waals surface area (Å²) >= 11 is 0. The van der Waals surface area contributed by atoms with Crippen LogP contribution in [0.25, 0.3) is 11.3 Å². The number of carbonyl (C=O) groups is 1. The molecular formula is C18H16N4O2. The summed E-state index contributed by atoms with van der Waals surface area (Å²) < 4.78 is 1.28. The number of ketones is 1. The van der Waals surface area contributed by atoms with E-state index in [1.807, 2.05) is 30.3 Å². The molecule has 0 radical (unpaired) electrons. The monoisotopic (exact) mass is 320 g/mol. The number of carbonyl (C=O) groups excluding carboxylic acids is 1. The van der Waals surface area contributed by atoms with Gasteiger partial charge < -0.3 is 5.73 Å². The Balaban J connectivity index is 2.20. The summed E-state index contributed by atoms with van der Waals surface area (Å²) in [5, 5.41) is 4.40. The predicted molar refractivity (Wildman–Crippen MR) is 91.7 cm³/mol. The maximum Gasteiger partial charge on any atom is 0.290 e. The molecule has 2 aromatic heterocycles. The van der Waals surface area contributed by atoms with E-state index in [0.717, 1.165) is 11.1 Å². The minimum absolute atomic E-state index is 0.0783. The van der Waals surface area contributed by atoms with Gasteiger partial charge in [-0.3, -0.25) is 14.6 Å². The van der Waals surface area contributed by atoms with Crippen molar-refractivity contribution in [2.75, 3.05) is 5.73 Å². The maximum absolute atomic E-state index is 12.5. The predicted octanol–water partition coefficient (Wildman–Crippen LogP) is 2.14. The molecule has 0 spiro atoms. The zero-order valence-corrected chi connectivity index (χ0v) is 13.1. The second-order valence-corrected chi connectivity index (χ2v) is 5.38. The fraction of sp³-hybridized carbons (Fsp3) is 0.111. The van der Waals surface area contributed by atoms with E-state index < -0.39 is 5.56 Å². The fourth-order valence-corrected chi connectivity index (χ4v) is 2.51. The van der Waals surface area contributed by atoms with Crippen LogP contribution in [0.2, 0.25) is 0 Å². The number of rotatable bonds is 4. The molecule has 0 unspecified atom stereocenters. The lowest BCUT2D eigenvalue weighted by atomic mass is 10.0. The van der Waals surface area contributed by atoms with Crippen LogP contribution in [0.5, 0.6) is 0 Å². The molecule has 0 amide bonds. The van der Waals surface area contributed by atoms with Crippen LogP contribution >= 0.6 is 0 Å². The van der Waals surface area contributed by atoms with Crippen molar-refractivity contribution in [1.29, 1.82) is 0 Å². The molecule has 2 heterocycles. The molecular weight excluding hydrogens is 304 g/mol. The number of Topliss-reactive ketones (excluding diaryl/α,β-unsaturated/α-hetero) is 1. The first-order chi connectivity index (χ1) is 11.6. The Morgan fingerprint density at radius 1 is 1.12 bits per heavy atom. The highest BCUT2D eigenvalue weighted by Gasteiger charge is 2.19. The number of nitrogens with zero attached hydrogens (tertiary/aromatic N) is 3. The third-order valence-electron chi connectivity index (χ3n) is 3.67. The van der Waals surface area contributed by atoms with Gasteiger partial charge in [-0.15, -0.1) is 0 Å². The van der Waals surface area contributed by atoms with Crippen molar-refractivity contribution in [3.63, 3.8) is 0 Å². The molecule has 0 fully saturated rings. The zero-order valence-electron chi connectivity index (χ0n) is 13.1. The molecule has 3 rings (SSSR count). The van der Waals surface area contributed by atoms with Crippen LogP contribution < -0.4 is 11.3 Å². The Hall–Kier alpha value is -3.28. The van der Waals surface area contributed by atoms with Gasteiger partial charge in [-0.05, 0) is 24.6 Å². The third-order valence-corrected chi connectivity index (χ3v) is 3.67. The summed E-state index contributed by atoms with van der Waals surface area (Å²) in [6, 6.07) is 12.8. The van der Waals surface area contributed by atoms with E-state index in [-0.39, 0.29) is 23.6 Å². The molecule has 1 aromatic carbocycles. The Kier molecular flexibility index (Phi) is 4.20. The first-order valence-corrected chi connectivity index (χ1v) is 7.44. The van der Waals surface area contributed by atoms with Crippen LogP contribution in [0, 0.1) is 0 Å². The summed E-state index contributed by atoms with van der Waals surface area (Å²) in [5.41, 5.74) is 7.59. The zero-order chi connectivity index (χ0) is 17.1. The molecule has 6 heteroatoms. The smallest absolute Gasteiger partial charge is 0.290 e. The van der Waals surface area contributed by atoms with Gasteiger partial charge in [-0.25, -0.2) is 4.68 Å². The molecule has 2 N–H and O–H groups in total. The number of anilines is 1. The van der Waals surface area contributed by atoms with Gasteiger partial charge in [0.05, 0.1) is 12.1 Å². The van der Waals surface area contributed by atoms with Crippen molar-refractivity contribution in [2.45, 2.75) is 13.5 Å². The molecule has 120 valence electrons. The summed E-state index contributed by atoms with van der Waals surface area (Å²) in [6.07, 6.45) is 3.29. The van der Waals surface area contributed by atoms with Crippen LogP contribution in [0.1, 0.15) is 22.8 Å². The fourth-order valence-electron chi connectivity index (χ4n) is 2.51. The molecule has 0 aliphatic rings. The maximum atomic E-state index is 12.5. The average Bonchev–Trinajstić information content (AvgIpc) is 2.60. The Bertz CT molecular complexity index is 934. The van der Waals surface area contributed by atoms with Gasteiger partial charge >= 0.3 is 0 Å². The highest BCUT2D eigenvalue weighted by atomic mass is 16.1. The largest absolute Gasteiger partial charge is 0.394 e. The summed E-state index contributed by atoms with van der Waals surface area (Å²) in [6.45, 7) is 1.63. The van der Waals surface area contributed by atoms with Gasteiger partial charge in [0.1, 0.15) is 11.4 Å². The summed E-state index contributed by atoms with van der Waals surface area (Å²) in [4.78, 5) is 28.4. The van der Waals surface area contributed by atoms with E-state index in [0.29, 0.717) is 5.69 Å². The number of nitrogen functional groups attached to an aromatic ring is 1. The van der Waals surface area contributed by atoms with Crippen LogP contribution in [-0.2, 0) is 6.54 Å². The quantitative estimate of drug-likeness (QED) is 0.744. The first kappa shape index (κ1) is 15.6. The summed E-state index contributed by atoms with van der Waals surface area (Å²) in [7, 11) is 0. The van der Waals surface area contributed by atoms with Crippen molar-refractivity contribution in [1.82, 2.24) is 14.8 Å². The minimum Gasteiger partial charge on any atom is -0.394 e. The molecule has 0 saturated heterocycles. The lowest BCUT2D eigenvalue weighted by Crippen LogP contribution is -2.29. The van der Waals surface area contributed by atoms with E-state index in [4.69, 9.17) is 5.73 Å². The van der Waals surface area contributed by atoms with Crippen molar-refractivity contribution < 1.29 is 4.79 Å². The van der Waals surface area contributed by atoms with Crippen molar-refractivity contribution in [2.24, 2.45) is 0 Å². The van der Waals surface area contributed by atoms with Crippen molar-refractivity contribution in [3.05, 3.63) is 76.3 Å². The number of pyridine rings is 1. The normalized spacial score (nSPS) is 10.5. The Labute approximate surface area is 138 Å². The topological polar surface area (TPSA) is 90.9 Å². The van der Waals surface area contributed by atoms with Gasteiger partial charge in [0.2, 0.25) is 0 Å². The van der Waals surface area contributed by atoms with Crippen LogP contribution in [0.4, 0.5) is 5.69 Å². The first-order valence-electron chi connectivity index (χ1n) is 7.44. The molecule has 24 heavy (non-hydrogen) atoms. The van der Waals surface area contributed by atoms with Crippen molar-refractivity contribution in [3.8, 4) is 11.3 Å². The van der Waals surface area contributed by atoms with E-state index in [1.165, 1.54) is 11.6 Å². The minimum atomic E-state index is -0.475. The molecule has 0 atom stereocenters. The van der Waals surface area contributed by atoms with E-state index in [1.54, 1.807) is 24.5 Å². The highest BCUT2D eigenvalue weighted by Crippen LogP contribution is 2.24. The van der Waals surface area contributed by atoms with Gasteiger partial charge in [0.25, 0.3) is 5.56 Å². The molecule has 0 bridgehead atoms. The standard InChI is InChI=1S/C18H16N4O2/c1-12(23)15-16(19)18(24)22(11-13-7-9-20-10-8-13)21-17(15)14-5-3-2-4-6-14/h2-10H,11,19H2,1H3. The second-order valence-electron chi connectivity index (χ2n) is 5.38. The number of hydrogen-bond donors (Lipinski definition) is 1. The van der Waals surface area contributed by atoms with Crippen molar-refractivity contribution >= 4 is 11.5 Å². The molecule has 0 saturated carbocycles. The van der Waals surface area contributed by atoms with Gasteiger partial charge in [-0.2, -0.15) is 5.10 Å². The second kappa shape index (κ2) is 6.45.